The van der Waals surface area contributed by atoms with Crippen LogP contribution in [-0.2, 0) is 9.53 Å². The van der Waals surface area contributed by atoms with E-state index in [1.165, 1.54) is 25.3 Å². The fourth-order valence-electron chi connectivity index (χ4n) is 1.17. The first-order valence-corrected chi connectivity index (χ1v) is 5.01. The van der Waals surface area contributed by atoms with Crippen molar-refractivity contribution in [2.45, 2.75) is 6.42 Å². The van der Waals surface area contributed by atoms with Crippen LogP contribution >= 0.6 is 11.6 Å². The highest BCUT2D eigenvalue weighted by molar-refractivity contribution is 6.31. The molecule has 0 radical (unpaired) electrons. The SMILES string of the molecule is COC(=O)c1ccc(Cl)cc1NC(=O)CC#N. The standard InChI is InChI=1S/C11H9ClN2O3/c1-17-11(16)8-3-2-7(12)6-9(8)14-10(15)4-5-13/h2-3,6H,4H2,1H3,(H,14,15). The third-order valence-electron chi connectivity index (χ3n) is 1.90. The minimum Gasteiger partial charge on any atom is -0.465 e. The van der Waals surface area contributed by atoms with E-state index in [0.29, 0.717) is 5.02 Å². The zero-order valence-corrected chi connectivity index (χ0v) is 9.75. The average Bonchev–Trinajstić information content (AvgIpc) is 2.28. The van der Waals surface area contributed by atoms with E-state index in [1.54, 1.807) is 6.07 Å². The van der Waals surface area contributed by atoms with Crippen molar-refractivity contribution in [3.63, 3.8) is 0 Å². The predicted molar refractivity (Wildman–Crippen MR) is 61.7 cm³/mol. The summed E-state index contributed by atoms with van der Waals surface area (Å²) in [5.74, 6) is -1.10. The number of methoxy groups -OCH3 is 1. The van der Waals surface area contributed by atoms with Gasteiger partial charge in [0.05, 0.1) is 24.4 Å². The minimum absolute atomic E-state index is 0.184. The highest BCUT2D eigenvalue weighted by Gasteiger charge is 2.14. The molecule has 0 saturated carbocycles. The predicted octanol–water partition coefficient (Wildman–Crippen LogP) is 1.98. The lowest BCUT2D eigenvalue weighted by Gasteiger charge is -2.08. The Kier molecular flexibility index (Phi) is 4.49. The number of carbonyl (C=O) groups excluding carboxylic acids is 2. The van der Waals surface area contributed by atoms with Crippen molar-refractivity contribution in [2.75, 3.05) is 12.4 Å². The molecule has 1 aromatic carbocycles. The van der Waals surface area contributed by atoms with E-state index in [4.69, 9.17) is 16.9 Å². The summed E-state index contributed by atoms with van der Waals surface area (Å²) in [6.07, 6.45) is -0.298. The van der Waals surface area contributed by atoms with Gasteiger partial charge in [0.15, 0.2) is 0 Å². The topological polar surface area (TPSA) is 79.2 Å². The molecule has 17 heavy (non-hydrogen) atoms. The van der Waals surface area contributed by atoms with E-state index in [9.17, 15) is 9.59 Å². The van der Waals surface area contributed by atoms with Crippen LogP contribution in [0.4, 0.5) is 5.69 Å². The molecule has 6 heteroatoms. The molecule has 0 spiro atoms. The number of hydrogen-bond acceptors (Lipinski definition) is 4. The number of benzene rings is 1. The number of ether oxygens (including phenoxy) is 1. The number of rotatable bonds is 3. The Hall–Kier alpha value is -2.06. The van der Waals surface area contributed by atoms with Gasteiger partial charge < -0.3 is 10.1 Å². The molecule has 0 aliphatic carbocycles. The van der Waals surface area contributed by atoms with Gasteiger partial charge in [0.2, 0.25) is 5.91 Å². The Morgan fingerprint density at radius 2 is 2.24 bits per heavy atom. The first-order valence-electron chi connectivity index (χ1n) is 4.63. The quantitative estimate of drug-likeness (QED) is 0.834. The van der Waals surface area contributed by atoms with Crippen LogP contribution in [0, 0.1) is 11.3 Å². The van der Waals surface area contributed by atoms with Crippen LogP contribution in [0.3, 0.4) is 0 Å². The summed E-state index contributed by atoms with van der Waals surface area (Å²) >= 11 is 5.76. The Labute approximate surface area is 103 Å². The number of hydrogen-bond donors (Lipinski definition) is 1. The summed E-state index contributed by atoms with van der Waals surface area (Å²) in [7, 11) is 1.23. The zero-order valence-electron chi connectivity index (χ0n) is 8.99. The van der Waals surface area contributed by atoms with Crippen molar-refractivity contribution >= 4 is 29.2 Å². The van der Waals surface area contributed by atoms with E-state index in [1.807, 2.05) is 0 Å². The van der Waals surface area contributed by atoms with Gasteiger partial charge in [-0.15, -0.1) is 0 Å². The lowest BCUT2D eigenvalue weighted by atomic mass is 10.1. The van der Waals surface area contributed by atoms with Crippen LogP contribution in [-0.4, -0.2) is 19.0 Å². The van der Waals surface area contributed by atoms with Crippen molar-refractivity contribution in [3.8, 4) is 6.07 Å². The maximum Gasteiger partial charge on any atom is 0.339 e. The first-order chi connectivity index (χ1) is 8.08. The fourth-order valence-corrected chi connectivity index (χ4v) is 1.35. The third kappa shape index (κ3) is 3.47. The highest BCUT2D eigenvalue weighted by Crippen LogP contribution is 2.22. The van der Waals surface area contributed by atoms with Gasteiger partial charge in [0.1, 0.15) is 6.42 Å². The molecule has 0 saturated heterocycles. The zero-order chi connectivity index (χ0) is 12.8. The summed E-state index contributed by atoms with van der Waals surface area (Å²) in [5, 5.41) is 11.2. The van der Waals surface area contributed by atoms with Gasteiger partial charge in [-0.25, -0.2) is 4.79 Å². The van der Waals surface area contributed by atoms with Crippen LogP contribution < -0.4 is 5.32 Å². The number of anilines is 1. The Bertz CT molecular complexity index is 494. The van der Waals surface area contributed by atoms with Gasteiger partial charge in [-0.2, -0.15) is 5.26 Å². The summed E-state index contributed by atoms with van der Waals surface area (Å²) in [4.78, 5) is 22.7. The number of amides is 1. The number of halogens is 1. The fraction of sp³-hybridized carbons (Fsp3) is 0.182. The molecule has 0 fully saturated rings. The normalized spacial score (nSPS) is 9.24. The average molecular weight is 253 g/mol. The second-order valence-electron chi connectivity index (χ2n) is 3.06. The van der Waals surface area contributed by atoms with Gasteiger partial charge >= 0.3 is 5.97 Å². The molecular formula is C11H9ClN2O3. The molecule has 1 rings (SSSR count). The van der Waals surface area contributed by atoms with Gasteiger partial charge in [-0.05, 0) is 18.2 Å². The summed E-state index contributed by atoms with van der Waals surface area (Å²) in [6.45, 7) is 0. The van der Waals surface area contributed by atoms with Crippen molar-refractivity contribution in [2.24, 2.45) is 0 Å². The van der Waals surface area contributed by atoms with E-state index >= 15 is 0 Å². The molecule has 0 heterocycles. The molecular weight excluding hydrogens is 244 g/mol. The maximum atomic E-state index is 11.4. The highest BCUT2D eigenvalue weighted by atomic mass is 35.5. The third-order valence-corrected chi connectivity index (χ3v) is 2.14. The lowest BCUT2D eigenvalue weighted by molar-refractivity contribution is -0.115. The second-order valence-corrected chi connectivity index (χ2v) is 3.50. The molecule has 1 amide bonds. The minimum atomic E-state index is -0.589. The summed E-state index contributed by atoms with van der Waals surface area (Å²) < 4.78 is 4.56. The van der Waals surface area contributed by atoms with Crippen LogP contribution in [0.25, 0.3) is 0 Å². The molecule has 0 bridgehead atoms. The van der Waals surface area contributed by atoms with Gasteiger partial charge in [-0.3, -0.25) is 4.79 Å². The number of carbonyl (C=O) groups is 2. The van der Waals surface area contributed by atoms with Crippen LogP contribution in [0.15, 0.2) is 18.2 Å². The van der Waals surface area contributed by atoms with E-state index in [-0.39, 0.29) is 17.7 Å². The Morgan fingerprint density at radius 1 is 1.53 bits per heavy atom. The molecule has 88 valence electrons. The molecule has 0 aliphatic rings. The number of nitriles is 1. The lowest BCUT2D eigenvalue weighted by Crippen LogP contribution is -2.14. The monoisotopic (exact) mass is 252 g/mol. The number of nitrogens with one attached hydrogen (secondary N) is 1. The van der Waals surface area contributed by atoms with E-state index in [0.717, 1.165) is 0 Å². The van der Waals surface area contributed by atoms with E-state index < -0.39 is 11.9 Å². The summed E-state index contributed by atoms with van der Waals surface area (Å²) in [5.41, 5.74) is 0.410. The maximum absolute atomic E-state index is 11.4. The van der Waals surface area contributed by atoms with Crippen molar-refractivity contribution in [1.82, 2.24) is 0 Å². The Balaban J connectivity index is 3.04. The largest absolute Gasteiger partial charge is 0.465 e. The second kappa shape index (κ2) is 5.87. The first kappa shape index (κ1) is 13.0. The smallest absolute Gasteiger partial charge is 0.339 e. The van der Waals surface area contributed by atoms with Gasteiger partial charge in [0, 0.05) is 5.02 Å². The van der Waals surface area contributed by atoms with E-state index in [2.05, 4.69) is 10.1 Å². The molecule has 0 aliphatic heterocycles. The molecule has 0 unspecified atom stereocenters. The molecule has 0 atom stereocenters. The van der Waals surface area contributed by atoms with Gasteiger partial charge in [0.25, 0.3) is 0 Å². The van der Waals surface area contributed by atoms with Crippen molar-refractivity contribution in [1.29, 1.82) is 5.26 Å². The molecule has 1 aromatic rings. The van der Waals surface area contributed by atoms with Crippen LogP contribution in [0.1, 0.15) is 16.8 Å². The van der Waals surface area contributed by atoms with Crippen molar-refractivity contribution < 1.29 is 14.3 Å². The number of esters is 1. The molecule has 5 nitrogen and oxygen atoms in total. The summed E-state index contributed by atoms with van der Waals surface area (Å²) in [6, 6.07) is 6.07. The molecule has 0 aromatic heterocycles. The number of nitrogens with zero attached hydrogens (tertiary/aromatic N) is 1. The Morgan fingerprint density at radius 3 is 2.82 bits per heavy atom. The van der Waals surface area contributed by atoms with Gasteiger partial charge in [-0.1, -0.05) is 11.6 Å². The van der Waals surface area contributed by atoms with Crippen LogP contribution in [0.2, 0.25) is 5.02 Å². The van der Waals surface area contributed by atoms with Crippen molar-refractivity contribution in [3.05, 3.63) is 28.8 Å². The molecule has 1 N–H and O–H groups in total. The van der Waals surface area contributed by atoms with Crippen LogP contribution in [0.5, 0.6) is 0 Å².